The van der Waals surface area contributed by atoms with Crippen LogP contribution < -0.4 is 5.32 Å². The third kappa shape index (κ3) is 6.81. The summed E-state index contributed by atoms with van der Waals surface area (Å²) in [6.07, 6.45) is 5.04. The zero-order chi connectivity index (χ0) is 22.9. The summed E-state index contributed by atoms with van der Waals surface area (Å²) in [7, 11) is 0. The lowest BCUT2D eigenvalue weighted by Crippen LogP contribution is -2.54. The third-order valence-corrected chi connectivity index (χ3v) is 5.75. The summed E-state index contributed by atoms with van der Waals surface area (Å²) in [4.78, 5) is 21.5. The minimum Gasteiger partial charge on any atom is -0.459 e. The molecule has 3 heterocycles. The SMILES string of the molecule is CCc1nncn1CCNC(=NCCc1ccccc1)N1CCN(C(=O)c2ccco2)CC1.I. The predicted molar refractivity (Wildman–Crippen MR) is 141 cm³/mol. The van der Waals surface area contributed by atoms with Gasteiger partial charge in [-0.1, -0.05) is 37.3 Å². The largest absolute Gasteiger partial charge is 0.459 e. The molecule has 1 fully saturated rings. The van der Waals surface area contributed by atoms with Gasteiger partial charge in [0.2, 0.25) is 0 Å². The minimum absolute atomic E-state index is 0. The lowest BCUT2D eigenvalue weighted by atomic mass is 10.2. The lowest BCUT2D eigenvalue weighted by Gasteiger charge is -2.36. The van der Waals surface area contributed by atoms with E-state index < -0.39 is 0 Å². The van der Waals surface area contributed by atoms with Crippen LogP contribution in [0.15, 0.2) is 64.5 Å². The smallest absolute Gasteiger partial charge is 0.289 e. The fraction of sp³-hybridized carbons (Fsp3) is 0.417. The van der Waals surface area contributed by atoms with Gasteiger partial charge in [-0.3, -0.25) is 9.79 Å². The number of amides is 1. The highest BCUT2D eigenvalue weighted by Crippen LogP contribution is 2.10. The van der Waals surface area contributed by atoms with Crippen molar-refractivity contribution in [3.05, 3.63) is 72.2 Å². The van der Waals surface area contributed by atoms with Crippen LogP contribution >= 0.6 is 24.0 Å². The van der Waals surface area contributed by atoms with E-state index >= 15 is 0 Å². The van der Waals surface area contributed by atoms with Crippen LogP contribution in [0, 0.1) is 0 Å². The van der Waals surface area contributed by atoms with Crippen molar-refractivity contribution in [1.29, 1.82) is 0 Å². The number of piperazine rings is 1. The maximum Gasteiger partial charge on any atom is 0.289 e. The fourth-order valence-electron chi connectivity index (χ4n) is 3.91. The van der Waals surface area contributed by atoms with Gasteiger partial charge in [0, 0.05) is 52.2 Å². The maximum atomic E-state index is 12.6. The molecule has 182 valence electrons. The zero-order valence-electron chi connectivity index (χ0n) is 19.5. The quantitative estimate of drug-likeness (QED) is 0.252. The second-order valence-corrected chi connectivity index (χ2v) is 7.92. The third-order valence-electron chi connectivity index (χ3n) is 5.75. The molecular weight excluding hydrogens is 545 g/mol. The number of aromatic nitrogens is 3. The lowest BCUT2D eigenvalue weighted by molar-refractivity contribution is 0.0657. The molecule has 1 aromatic carbocycles. The first-order valence-corrected chi connectivity index (χ1v) is 11.5. The van der Waals surface area contributed by atoms with Crippen molar-refractivity contribution in [3.8, 4) is 0 Å². The van der Waals surface area contributed by atoms with Crippen molar-refractivity contribution < 1.29 is 9.21 Å². The molecule has 3 aromatic rings. The van der Waals surface area contributed by atoms with E-state index in [4.69, 9.17) is 9.41 Å². The molecule has 0 atom stereocenters. The molecule has 9 nitrogen and oxygen atoms in total. The number of nitrogens with zero attached hydrogens (tertiary/aromatic N) is 6. The van der Waals surface area contributed by atoms with Crippen molar-refractivity contribution in [2.45, 2.75) is 26.3 Å². The Bertz CT molecular complexity index is 1030. The number of carbonyl (C=O) groups excluding carboxylic acids is 1. The standard InChI is InChI=1S/C24H31N7O2.HI/c1-2-22-28-27-19-31(22)13-12-26-24(25-11-10-20-7-4-3-5-8-20)30-16-14-29(15-17-30)23(32)21-9-6-18-33-21;/h3-9,18-19H,2,10-17H2,1H3,(H,25,26);1H. The van der Waals surface area contributed by atoms with Crippen LogP contribution in [-0.4, -0.2) is 75.7 Å². The van der Waals surface area contributed by atoms with Gasteiger partial charge in [-0.05, 0) is 24.1 Å². The number of carbonyl (C=O) groups is 1. The van der Waals surface area contributed by atoms with Crippen molar-refractivity contribution >= 4 is 35.8 Å². The molecule has 1 N–H and O–H groups in total. The van der Waals surface area contributed by atoms with Gasteiger partial charge < -0.3 is 24.1 Å². The normalized spacial score (nSPS) is 14.1. The second-order valence-electron chi connectivity index (χ2n) is 7.92. The topological polar surface area (TPSA) is 91.8 Å². The van der Waals surface area contributed by atoms with Gasteiger partial charge in [-0.15, -0.1) is 34.2 Å². The minimum atomic E-state index is -0.0603. The molecule has 4 rings (SSSR count). The molecule has 0 saturated carbocycles. The fourth-order valence-corrected chi connectivity index (χ4v) is 3.91. The molecule has 2 aromatic heterocycles. The molecule has 10 heteroatoms. The monoisotopic (exact) mass is 577 g/mol. The van der Waals surface area contributed by atoms with Crippen LogP contribution in [0.25, 0.3) is 0 Å². The number of hydrogen-bond acceptors (Lipinski definition) is 5. The Morgan fingerprint density at radius 2 is 1.85 bits per heavy atom. The zero-order valence-corrected chi connectivity index (χ0v) is 21.8. The highest BCUT2D eigenvalue weighted by Gasteiger charge is 2.25. The summed E-state index contributed by atoms with van der Waals surface area (Å²) in [5.74, 6) is 2.18. The van der Waals surface area contributed by atoms with Crippen LogP contribution in [-0.2, 0) is 19.4 Å². The van der Waals surface area contributed by atoms with Crippen LogP contribution in [0.1, 0.15) is 28.9 Å². The predicted octanol–water partition coefficient (Wildman–Crippen LogP) is 2.70. The molecule has 0 unspecified atom stereocenters. The number of rotatable bonds is 8. The van der Waals surface area contributed by atoms with Crippen LogP contribution in [0.3, 0.4) is 0 Å². The maximum absolute atomic E-state index is 12.6. The van der Waals surface area contributed by atoms with E-state index in [1.807, 2.05) is 11.0 Å². The number of nitrogens with one attached hydrogen (secondary N) is 1. The first-order chi connectivity index (χ1) is 16.2. The summed E-state index contributed by atoms with van der Waals surface area (Å²) >= 11 is 0. The average Bonchev–Trinajstić information content (AvgIpc) is 3.56. The number of guanidine groups is 1. The number of aryl methyl sites for hydroxylation is 1. The molecule has 0 radical (unpaired) electrons. The van der Waals surface area contributed by atoms with Gasteiger partial charge in [0.05, 0.1) is 6.26 Å². The van der Waals surface area contributed by atoms with Gasteiger partial charge in [-0.2, -0.15) is 0 Å². The Morgan fingerprint density at radius 3 is 2.56 bits per heavy atom. The van der Waals surface area contributed by atoms with E-state index in [1.54, 1.807) is 18.5 Å². The number of hydrogen-bond donors (Lipinski definition) is 1. The van der Waals surface area contributed by atoms with Gasteiger partial charge in [0.25, 0.3) is 5.91 Å². The van der Waals surface area contributed by atoms with Crippen LogP contribution in [0.5, 0.6) is 0 Å². The average molecular weight is 577 g/mol. The van der Waals surface area contributed by atoms with E-state index in [0.29, 0.717) is 25.4 Å². The number of aliphatic imine (C=N–C) groups is 1. The summed E-state index contributed by atoms with van der Waals surface area (Å²) in [6.45, 7) is 6.96. The van der Waals surface area contributed by atoms with Crippen molar-refractivity contribution in [2.75, 3.05) is 39.3 Å². The molecule has 0 aliphatic carbocycles. The summed E-state index contributed by atoms with van der Waals surface area (Å²) in [5.41, 5.74) is 1.27. The van der Waals surface area contributed by atoms with Gasteiger partial charge in [0.1, 0.15) is 12.2 Å². The molecule has 0 bridgehead atoms. The van der Waals surface area contributed by atoms with Crippen molar-refractivity contribution in [1.82, 2.24) is 29.9 Å². The number of furan rings is 1. The highest BCUT2D eigenvalue weighted by molar-refractivity contribution is 14.0. The summed E-state index contributed by atoms with van der Waals surface area (Å²) in [6, 6.07) is 13.8. The molecule has 1 saturated heterocycles. The molecule has 0 spiro atoms. The van der Waals surface area contributed by atoms with E-state index in [0.717, 1.165) is 50.8 Å². The van der Waals surface area contributed by atoms with E-state index in [1.165, 1.54) is 11.8 Å². The van der Waals surface area contributed by atoms with Crippen LogP contribution in [0.2, 0.25) is 0 Å². The van der Waals surface area contributed by atoms with E-state index in [-0.39, 0.29) is 29.9 Å². The molecule has 1 aliphatic heterocycles. The first-order valence-electron chi connectivity index (χ1n) is 11.5. The molecule has 34 heavy (non-hydrogen) atoms. The Morgan fingerprint density at radius 1 is 1.09 bits per heavy atom. The van der Waals surface area contributed by atoms with E-state index in [2.05, 4.69) is 56.2 Å². The Balaban J connectivity index is 0.00000324. The van der Waals surface area contributed by atoms with Crippen molar-refractivity contribution in [2.24, 2.45) is 4.99 Å². The van der Waals surface area contributed by atoms with Gasteiger partial charge >= 0.3 is 0 Å². The van der Waals surface area contributed by atoms with Gasteiger partial charge in [-0.25, -0.2) is 0 Å². The molecule has 1 aliphatic rings. The molecular formula is C24H32IN7O2. The Hall–Kier alpha value is -2.89. The Kier molecular flexibility index (Phi) is 9.92. The van der Waals surface area contributed by atoms with E-state index in [9.17, 15) is 4.79 Å². The number of benzene rings is 1. The first kappa shape index (κ1) is 25.7. The second kappa shape index (κ2) is 13.1. The summed E-state index contributed by atoms with van der Waals surface area (Å²) < 4.78 is 7.34. The van der Waals surface area contributed by atoms with Gasteiger partial charge in [0.15, 0.2) is 11.7 Å². The highest BCUT2D eigenvalue weighted by atomic mass is 127. The Labute approximate surface area is 217 Å². The van der Waals surface area contributed by atoms with Crippen molar-refractivity contribution in [3.63, 3.8) is 0 Å². The number of halogens is 1. The summed E-state index contributed by atoms with van der Waals surface area (Å²) in [5, 5.41) is 11.7. The molecule has 1 amide bonds. The van der Waals surface area contributed by atoms with Crippen LogP contribution in [0.4, 0.5) is 0 Å².